The number of carbonyl (C=O) groups is 1. The molecule has 1 saturated heterocycles. The van der Waals surface area contributed by atoms with Gasteiger partial charge in [-0.15, -0.1) is 0 Å². The number of hydrogen-bond acceptors (Lipinski definition) is 4. The number of carbonyl (C=O) groups excluding carboxylic acids is 1. The number of aromatic nitrogens is 1. The molecule has 2 aliphatic rings. The Labute approximate surface area is 164 Å². The summed E-state index contributed by atoms with van der Waals surface area (Å²) < 4.78 is 37.8. The third-order valence-corrected chi connectivity index (χ3v) is 5.86. The molecule has 1 aromatic rings. The standard InChI is InChI=1S/C20H29F3N4O/c1-14(2)26-9-11-27(12-10-26)19(28)15-3-5-16(6-4-15)25-17-7-8-18(24-13-17)20(21,22)23/h7-8,13-16,25H,3-6,9-12H2,1-2H3/t15-,16+. The van der Waals surface area contributed by atoms with Gasteiger partial charge in [-0.2, -0.15) is 13.2 Å². The molecule has 8 heteroatoms. The highest BCUT2D eigenvalue weighted by Crippen LogP contribution is 2.30. The summed E-state index contributed by atoms with van der Waals surface area (Å²) in [7, 11) is 0. The van der Waals surface area contributed by atoms with Gasteiger partial charge in [0.05, 0.1) is 11.9 Å². The van der Waals surface area contributed by atoms with Crippen LogP contribution >= 0.6 is 0 Å². The van der Waals surface area contributed by atoms with Crippen LogP contribution in [0.1, 0.15) is 45.2 Å². The van der Waals surface area contributed by atoms with Crippen LogP contribution in [0, 0.1) is 5.92 Å². The second-order valence-corrected chi connectivity index (χ2v) is 8.08. The minimum absolute atomic E-state index is 0.0642. The maximum Gasteiger partial charge on any atom is 0.433 e. The Balaban J connectivity index is 1.45. The molecule has 3 rings (SSSR count). The largest absolute Gasteiger partial charge is 0.433 e. The Morgan fingerprint density at radius 3 is 2.25 bits per heavy atom. The summed E-state index contributed by atoms with van der Waals surface area (Å²) >= 11 is 0. The van der Waals surface area contributed by atoms with Gasteiger partial charge < -0.3 is 10.2 Å². The molecule has 0 radical (unpaired) electrons. The smallest absolute Gasteiger partial charge is 0.381 e. The summed E-state index contributed by atoms with van der Waals surface area (Å²) in [4.78, 5) is 20.7. The van der Waals surface area contributed by atoms with E-state index in [1.807, 2.05) is 4.90 Å². The SMILES string of the molecule is CC(C)N1CCN(C(=O)[C@H]2CC[C@@H](Nc3ccc(C(F)(F)F)nc3)CC2)CC1. The normalized spacial score (nSPS) is 24.4. The van der Waals surface area contributed by atoms with E-state index in [9.17, 15) is 18.0 Å². The molecule has 2 heterocycles. The third kappa shape index (κ3) is 5.16. The van der Waals surface area contributed by atoms with Crippen LogP contribution in [0.15, 0.2) is 18.3 Å². The zero-order chi connectivity index (χ0) is 20.3. The van der Waals surface area contributed by atoms with Crippen LogP contribution in [0.4, 0.5) is 18.9 Å². The molecule has 0 unspecified atom stereocenters. The van der Waals surface area contributed by atoms with Gasteiger partial charge in [-0.25, -0.2) is 4.98 Å². The molecule has 1 aliphatic carbocycles. The van der Waals surface area contributed by atoms with Gasteiger partial charge in [-0.1, -0.05) is 0 Å². The summed E-state index contributed by atoms with van der Waals surface area (Å²) in [5.74, 6) is 0.326. The monoisotopic (exact) mass is 398 g/mol. The van der Waals surface area contributed by atoms with Crippen molar-refractivity contribution in [3.8, 4) is 0 Å². The van der Waals surface area contributed by atoms with E-state index >= 15 is 0 Å². The lowest BCUT2D eigenvalue weighted by atomic mass is 9.85. The summed E-state index contributed by atoms with van der Waals surface area (Å²) in [6.07, 6.45) is 0.114. The van der Waals surface area contributed by atoms with Crippen molar-refractivity contribution in [1.82, 2.24) is 14.8 Å². The van der Waals surface area contributed by atoms with Crippen LogP contribution in [0.25, 0.3) is 0 Å². The molecule has 0 spiro atoms. The van der Waals surface area contributed by atoms with Crippen molar-refractivity contribution in [2.45, 2.75) is 57.8 Å². The first kappa shape index (κ1) is 20.9. The molecule has 1 saturated carbocycles. The molecule has 1 aromatic heterocycles. The van der Waals surface area contributed by atoms with E-state index in [-0.39, 0.29) is 17.9 Å². The number of halogens is 3. The molecule has 2 fully saturated rings. The molecule has 5 nitrogen and oxygen atoms in total. The average Bonchev–Trinajstić information content (AvgIpc) is 2.68. The van der Waals surface area contributed by atoms with E-state index in [1.54, 1.807) is 0 Å². The molecular formula is C20H29F3N4O. The van der Waals surface area contributed by atoms with Crippen LogP contribution in [0.3, 0.4) is 0 Å². The minimum Gasteiger partial charge on any atom is -0.381 e. The second kappa shape index (κ2) is 8.68. The molecule has 1 aliphatic heterocycles. The van der Waals surface area contributed by atoms with Crippen LogP contribution in [-0.4, -0.2) is 59.0 Å². The van der Waals surface area contributed by atoms with Crippen LogP contribution in [0.5, 0.6) is 0 Å². The van der Waals surface area contributed by atoms with Gasteiger partial charge in [0.25, 0.3) is 0 Å². The van der Waals surface area contributed by atoms with Crippen molar-refractivity contribution in [1.29, 1.82) is 0 Å². The van der Waals surface area contributed by atoms with Crippen molar-refractivity contribution < 1.29 is 18.0 Å². The van der Waals surface area contributed by atoms with Crippen molar-refractivity contribution >= 4 is 11.6 Å². The zero-order valence-electron chi connectivity index (χ0n) is 16.5. The van der Waals surface area contributed by atoms with E-state index < -0.39 is 11.9 Å². The Kier molecular flexibility index (Phi) is 6.47. The second-order valence-electron chi connectivity index (χ2n) is 8.08. The lowest BCUT2D eigenvalue weighted by Crippen LogP contribution is -2.52. The highest BCUT2D eigenvalue weighted by atomic mass is 19.4. The fraction of sp³-hybridized carbons (Fsp3) is 0.700. The lowest BCUT2D eigenvalue weighted by Gasteiger charge is -2.39. The first-order valence-corrected chi connectivity index (χ1v) is 10.1. The first-order chi connectivity index (χ1) is 13.2. The maximum atomic E-state index is 12.8. The third-order valence-electron chi connectivity index (χ3n) is 5.86. The quantitative estimate of drug-likeness (QED) is 0.842. The molecule has 28 heavy (non-hydrogen) atoms. The van der Waals surface area contributed by atoms with Crippen molar-refractivity contribution in [3.05, 3.63) is 24.0 Å². The summed E-state index contributed by atoms with van der Waals surface area (Å²) in [5.41, 5.74) is -0.294. The number of nitrogens with one attached hydrogen (secondary N) is 1. The van der Waals surface area contributed by atoms with Crippen molar-refractivity contribution in [2.24, 2.45) is 5.92 Å². The topological polar surface area (TPSA) is 48.5 Å². The van der Waals surface area contributed by atoms with Crippen molar-refractivity contribution in [3.63, 3.8) is 0 Å². The van der Waals surface area contributed by atoms with Gasteiger partial charge in [0.2, 0.25) is 5.91 Å². The number of anilines is 1. The predicted molar refractivity (Wildman–Crippen MR) is 102 cm³/mol. The van der Waals surface area contributed by atoms with Gasteiger partial charge in [-0.05, 0) is 51.7 Å². The number of pyridine rings is 1. The maximum absolute atomic E-state index is 12.8. The lowest BCUT2D eigenvalue weighted by molar-refractivity contribution is -0.141. The molecular weight excluding hydrogens is 369 g/mol. The van der Waals surface area contributed by atoms with E-state index in [0.717, 1.165) is 57.9 Å². The summed E-state index contributed by atoms with van der Waals surface area (Å²) in [6.45, 7) is 7.82. The van der Waals surface area contributed by atoms with Crippen LogP contribution in [-0.2, 0) is 11.0 Å². The number of rotatable bonds is 4. The van der Waals surface area contributed by atoms with Gasteiger partial charge in [0.15, 0.2) is 0 Å². The van der Waals surface area contributed by atoms with Gasteiger partial charge in [0.1, 0.15) is 5.69 Å². The fourth-order valence-corrected chi connectivity index (χ4v) is 4.08. The van der Waals surface area contributed by atoms with E-state index in [1.165, 1.54) is 12.3 Å². The number of nitrogens with zero attached hydrogens (tertiary/aromatic N) is 3. The molecule has 0 atom stereocenters. The van der Waals surface area contributed by atoms with Gasteiger partial charge >= 0.3 is 6.18 Å². The summed E-state index contributed by atoms with van der Waals surface area (Å²) in [5, 5.41) is 3.26. The Hall–Kier alpha value is -1.83. The highest BCUT2D eigenvalue weighted by Gasteiger charge is 2.33. The molecule has 1 N–H and O–H groups in total. The number of hydrogen-bond donors (Lipinski definition) is 1. The molecule has 0 aromatic carbocycles. The van der Waals surface area contributed by atoms with E-state index in [4.69, 9.17) is 0 Å². The zero-order valence-corrected chi connectivity index (χ0v) is 16.5. The number of alkyl halides is 3. The highest BCUT2D eigenvalue weighted by molar-refractivity contribution is 5.79. The number of piperazine rings is 1. The Bertz CT molecular complexity index is 646. The summed E-state index contributed by atoms with van der Waals surface area (Å²) in [6, 6.07) is 3.09. The minimum atomic E-state index is -4.42. The molecule has 1 amide bonds. The van der Waals surface area contributed by atoms with E-state index in [0.29, 0.717) is 11.7 Å². The molecule has 156 valence electrons. The average molecular weight is 398 g/mol. The van der Waals surface area contributed by atoms with E-state index in [2.05, 4.69) is 29.0 Å². The number of amides is 1. The van der Waals surface area contributed by atoms with Crippen molar-refractivity contribution in [2.75, 3.05) is 31.5 Å². The fourth-order valence-electron chi connectivity index (χ4n) is 4.08. The van der Waals surface area contributed by atoms with Gasteiger partial charge in [0, 0.05) is 44.2 Å². The van der Waals surface area contributed by atoms with Crippen LogP contribution < -0.4 is 5.32 Å². The first-order valence-electron chi connectivity index (χ1n) is 10.1. The van der Waals surface area contributed by atoms with Crippen LogP contribution in [0.2, 0.25) is 0 Å². The predicted octanol–water partition coefficient (Wildman–Crippen LogP) is 3.62. The Morgan fingerprint density at radius 2 is 1.75 bits per heavy atom. The Morgan fingerprint density at radius 1 is 1.11 bits per heavy atom. The molecule has 0 bridgehead atoms. The van der Waals surface area contributed by atoms with Gasteiger partial charge in [-0.3, -0.25) is 9.69 Å².